The van der Waals surface area contributed by atoms with E-state index in [4.69, 9.17) is 34.8 Å². The number of alkyl halides is 6. The molecule has 11 heteroatoms. The molecule has 3 amide bonds. The number of para-hydroxylation sites is 1. The molecular formula is C10H6Cl3F3N2O2S. The summed E-state index contributed by atoms with van der Waals surface area (Å²) in [7, 11) is 0. The molecule has 0 aliphatic rings. The second kappa shape index (κ2) is 6.95. The lowest BCUT2D eigenvalue weighted by Gasteiger charge is -2.14. The molecule has 0 saturated carbocycles. The molecule has 0 bridgehead atoms. The first kappa shape index (κ1) is 18.2. The number of amides is 3. The summed E-state index contributed by atoms with van der Waals surface area (Å²) in [6.07, 6.45) is 0. The van der Waals surface area contributed by atoms with Gasteiger partial charge in [-0.25, -0.2) is 4.79 Å². The van der Waals surface area contributed by atoms with E-state index in [1.165, 1.54) is 18.2 Å². The van der Waals surface area contributed by atoms with Crippen molar-refractivity contribution >= 4 is 64.2 Å². The molecule has 116 valence electrons. The van der Waals surface area contributed by atoms with Gasteiger partial charge in [0.05, 0.1) is 5.69 Å². The zero-order valence-electron chi connectivity index (χ0n) is 9.80. The molecule has 0 aliphatic heterocycles. The minimum atomic E-state index is -4.53. The molecule has 0 unspecified atom stereocenters. The van der Waals surface area contributed by atoms with Gasteiger partial charge in [-0.3, -0.25) is 10.1 Å². The minimum absolute atomic E-state index is 0.144. The maximum absolute atomic E-state index is 12.4. The smallest absolute Gasteiger partial charge is 0.307 e. The number of benzene rings is 1. The van der Waals surface area contributed by atoms with Gasteiger partial charge in [0.2, 0.25) is 0 Å². The first-order valence-corrected chi connectivity index (χ1v) is 6.98. The lowest BCUT2D eigenvalue weighted by molar-refractivity contribution is -0.119. The van der Waals surface area contributed by atoms with Gasteiger partial charge in [-0.15, -0.1) is 0 Å². The van der Waals surface area contributed by atoms with Crippen molar-refractivity contribution in [2.24, 2.45) is 0 Å². The second-order valence-electron chi connectivity index (χ2n) is 3.45. The molecule has 1 aromatic rings. The van der Waals surface area contributed by atoms with E-state index in [-0.39, 0.29) is 10.6 Å². The predicted molar refractivity (Wildman–Crippen MR) is 75.8 cm³/mol. The Hall–Kier alpha value is -0.830. The zero-order chi connectivity index (χ0) is 16.3. The van der Waals surface area contributed by atoms with Gasteiger partial charge in [0.15, 0.2) is 0 Å². The van der Waals surface area contributed by atoms with Crippen LogP contribution in [-0.4, -0.2) is 21.2 Å². The van der Waals surface area contributed by atoms with Crippen LogP contribution in [0.15, 0.2) is 29.2 Å². The Morgan fingerprint density at radius 1 is 1.10 bits per heavy atom. The largest absolute Gasteiger partial charge is 0.446 e. The Kier molecular flexibility index (Phi) is 6.03. The summed E-state index contributed by atoms with van der Waals surface area (Å²) in [6.45, 7) is 0. The summed E-state index contributed by atoms with van der Waals surface area (Å²) in [5.41, 5.74) is -4.67. The molecular weight excluding hydrogens is 376 g/mol. The standard InChI is InChI=1S/C10H6Cl3F3N2O2S/c11-9(12,13)7(19)18-8(20)17-5-3-1-2-4-6(5)21-10(14,15)16/h1-4H,(H2,17,18,19,20). The van der Waals surface area contributed by atoms with Crippen molar-refractivity contribution in [1.82, 2.24) is 5.32 Å². The Balaban J connectivity index is 2.79. The Morgan fingerprint density at radius 2 is 1.67 bits per heavy atom. The number of rotatable bonds is 2. The topological polar surface area (TPSA) is 58.2 Å². The van der Waals surface area contributed by atoms with Crippen molar-refractivity contribution in [3.05, 3.63) is 24.3 Å². The Morgan fingerprint density at radius 3 is 2.19 bits per heavy atom. The third kappa shape index (κ3) is 6.64. The number of imide groups is 1. The van der Waals surface area contributed by atoms with E-state index in [0.29, 0.717) is 0 Å². The highest BCUT2D eigenvalue weighted by Gasteiger charge is 2.33. The number of urea groups is 1. The van der Waals surface area contributed by atoms with Crippen LogP contribution in [0.2, 0.25) is 0 Å². The summed E-state index contributed by atoms with van der Waals surface area (Å²) in [5.74, 6) is -1.23. The normalized spacial score (nSPS) is 11.9. The molecule has 0 radical (unpaired) electrons. The van der Waals surface area contributed by atoms with Crippen molar-refractivity contribution in [3.8, 4) is 0 Å². The van der Waals surface area contributed by atoms with Crippen LogP contribution in [0.25, 0.3) is 0 Å². The number of carbonyl (C=O) groups is 2. The summed E-state index contributed by atoms with van der Waals surface area (Å²) in [5, 5.41) is 3.75. The van der Waals surface area contributed by atoms with Gasteiger partial charge in [-0.05, 0) is 23.9 Å². The lowest BCUT2D eigenvalue weighted by Crippen LogP contribution is -2.41. The molecule has 0 fully saturated rings. The van der Waals surface area contributed by atoms with Gasteiger partial charge in [0.25, 0.3) is 9.70 Å². The summed E-state index contributed by atoms with van der Waals surface area (Å²) >= 11 is 15.3. The molecule has 0 saturated heterocycles. The fraction of sp³-hybridized carbons (Fsp3) is 0.200. The van der Waals surface area contributed by atoms with Crippen LogP contribution in [0.1, 0.15) is 0 Å². The van der Waals surface area contributed by atoms with Crippen LogP contribution in [0.3, 0.4) is 0 Å². The summed E-state index contributed by atoms with van der Waals surface area (Å²) < 4.78 is 34.7. The van der Waals surface area contributed by atoms with Crippen LogP contribution in [0.5, 0.6) is 0 Å². The summed E-state index contributed by atoms with van der Waals surface area (Å²) in [4.78, 5) is 22.5. The first-order valence-electron chi connectivity index (χ1n) is 5.03. The van der Waals surface area contributed by atoms with E-state index in [2.05, 4.69) is 5.32 Å². The second-order valence-corrected chi connectivity index (χ2v) is 6.84. The SMILES string of the molecule is O=C(NC(=O)C(Cl)(Cl)Cl)Nc1ccccc1SC(F)(F)F. The number of anilines is 1. The number of hydrogen-bond acceptors (Lipinski definition) is 3. The molecule has 0 spiro atoms. The fourth-order valence-corrected chi connectivity index (χ4v) is 1.88. The van der Waals surface area contributed by atoms with Crippen LogP contribution < -0.4 is 10.6 Å². The Bertz CT molecular complexity index is 549. The highest BCUT2D eigenvalue weighted by atomic mass is 35.6. The summed E-state index contributed by atoms with van der Waals surface area (Å²) in [6, 6.07) is 4.04. The average molecular weight is 382 g/mol. The van der Waals surface area contributed by atoms with Gasteiger partial charge < -0.3 is 5.32 Å². The lowest BCUT2D eigenvalue weighted by atomic mass is 10.3. The van der Waals surface area contributed by atoms with Crippen molar-refractivity contribution in [1.29, 1.82) is 0 Å². The molecule has 21 heavy (non-hydrogen) atoms. The molecule has 0 aliphatic carbocycles. The van der Waals surface area contributed by atoms with Gasteiger partial charge in [-0.2, -0.15) is 13.2 Å². The highest BCUT2D eigenvalue weighted by molar-refractivity contribution is 8.00. The quantitative estimate of drug-likeness (QED) is 0.592. The van der Waals surface area contributed by atoms with Crippen LogP contribution in [0.4, 0.5) is 23.7 Å². The van der Waals surface area contributed by atoms with E-state index in [1.54, 1.807) is 5.32 Å². The highest BCUT2D eigenvalue weighted by Crippen LogP contribution is 2.40. The van der Waals surface area contributed by atoms with Crippen molar-refractivity contribution < 1.29 is 22.8 Å². The number of hydrogen-bond donors (Lipinski definition) is 2. The van der Waals surface area contributed by atoms with Crippen molar-refractivity contribution in [2.75, 3.05) is 5.32 Å². The van der Waals surface area contributed by atoms with Gasteiger partial charge >= 0.3 is 11.5 Å². The molecule has 0 atom stereocenters. The van der Waals surface area contributed by atoms with Gasteiger partial charge in [0.1, 0.15) is 0 Å². The van der Waals surface area contributed by atoms with Crippen molar-refractivity contribution in [3.63, 3.8) is 0 Å². The minimum Gasteiger partial charge on any atom is -0.307 e. The van der Waals surface area contributed by atoms with Crippen LogP contribution in [0, 0.1) is 0 Å². The number of halogens is 6. The van der Waals surface area contributed by atoms with E-state index >= 15 is 0 Å². The van der Waals surface area contributed by atoms with Crippen LogP contribution >= 0.6 is 46.6 Å². The number of nitrogens with one attached hydrogen (secondary N) is 2. The zero-order valence-corrected chi connectivity index (χ0v) is 12.9. The molecule has 0 heterocycles. The first-order chi connectivity index (χ1) is 9.49. The third-order valence-corrected chi connectivity index (χ3v) is 3.17. The molecule has 1 rings (SSSR count). The van der Waals surface area contributed by atoms with E-state index < -0.39 is 33.0 Å². The molecule has 1 aromatic carbocycles. The van der Waals surface area contributed by atoms with E-state index in [1.807, 2.05) is 0 Å². The maximum atomic E-state index is 12.4. The molecule has 0 aromatic heterocycles. The predicted octanol–water partition coefficient (Wildman–Crippen LogP) is 4.32. The monoisotopic (exact) mass is 380 g/mol. The van der Waals surface area contributed by atoms with Crippen molar-refractivity contribution in [2.45, 2.75) is 14.2 Å². The van der Waals surface area contributed by atoms with E-state index in [0.717, 1.165) is 6.07 Å². The third-order valence-electron chi connectivity index (χ3n) is 1.85. The fourth-order valence-electron chi connectivity index (χ4n) is 1.11. The number of thioether (sulfide) groups is 1. The van der Waals surface area contributed by atoms with Crippen LogP contribution in [-0.2, 0) is 4.79 Å². The Labute approximate surface area is 136 Å². The van der Waals surface area contributed by atoms with E-state index in [9.17, 15) is 22.8 Å². The van der Waals surface area contributed by atoms with Gasteiger partial charge in [0, 0.05) is 4.90 Å². The number of carbonyl (C=O) groups excluding carboxylic acids is 2. The van der Waals surface area contributed by atoms with Gasteiger partial charge in [-0.1, -0.05) is 46.9 Å². The maximum Gasteiger partial charge on any atom is 0.446 e. The molecule has 2 N–H and O–H groups in total. The average Bonchev–Trinajstić information content (AvgIpc) is 2.28. The molecule has 4 nitrogen and oxygen atoms in total.